The van der Waals surface area contributed by atoms with E-state index in [1.165, 1.54) is 5.56 Å². The van der Waals surface area contributed by atoms with Gasteiger partial charge in [0.1, 0.15) is 5.82 Å². The van der Waals surface area contributed by atoms with Crippen molar-refractivity contribution in [1.82, 2.24) is 29.5 Å². The van der Waals surface area contributed by atoms with Crippen LogP contribution >= 0.6 is 0 Å². The van der Waals surface area contributed by atoms with Gasteiger partial charge in [-0.05, 0) is 43.7 Å². The first-order chi connectivity index (χ1) is 13.2. The number of aromatic nitrogens is 4. The summed E-state index contributed by atoms with van der Waals surface area (Å²) in [4.78, 5) is 9.13. The molecule has 2 aliphatic heterocycles. The molecule has 27 heavy (non-hydrogen) atoms. The summed E-state index contributed by atoms with van der Waals surface area (Å²) in [6, 6.07) is 8.05. The zero-order valence-electron chi connectivity index (χ0n) is 15.6. The highest BCUT2D eigenvalue weighted by Gasteiger charge is 2.43. The van der Waals surface area contributed by atoms with Crippen LogP contribution in [0.25, 0.3) is 11.6 Å². The van der Waals surface area contributed by atoms with Crippen LogP contribution in [0, 0.1) is 0 Å². The first-order valence-corrected chi connectivity index (χ1v) is 9.52. The van der Waals surface area contributed by atoms with Crippen molar-refractivity contribution in [2.24, 2.45) is 0 Å². The van der Waals surface area contributed by atoms with Gasteiger partial charge in [0, 0.05) is 38.6 Å². The molecule has 0 aromatic carbocycles. The van der Waals surface area contributed by atoms with Crippen molar-refractivity contribution in [1.29, 1.82) is 0 Å². The van der Waals surface area contributed by atoms with Crippen molar-refractivity contribution < 1.29 is 4.42 Å². The molecule has 0 bridgehead atoms. The lowest BCUT2D eigenvalue weighted by molar-refractivity contribution is 0.0487. The fourth-order valence-electron chi connectivity index (χ4n) is 4.61. The zero-order chi connectivity index (χ0) is 18.3. The maximum absolute atomic E-state index is 5.65. The summed E-state index contributed by atoms with van der Waals surface area (Å²) in [7, 11) is 2.18. The van der Waals surface area contributed by atoms with Crippen molar-refractivity contribution in [3.05, 3.63) is 54.3 Å². The predicted octanol–water partition coefficient (Wildman–Crippen LogP) is 2.37. The summed E-state index contributed by atoms with van der Waals surface area (Å²) in [5.74, 6) is 2.70. The highest BCUT2D eigenvalue weighted by molar-refractivity contribution is 5.48. The number of piperidine rings is 1. The largest absolute Gasteiger partial charge is 0.461 e. The molecule has 0 aliphatic carbocycles. The number of hydrogen-bond donors (Lipinski definition) is 0. The monoisotopic (exact) mass is 364 g/mol. The van der Waals surface area contributed by atoms with Crippen molar-refractivity contribution in [2.45, 2.75) is 31.5 Å². The topological polar surface area (TPSA) is 63.2 Å². The number of fused-ring (bicyclic) bond motifs is 2. The Morgan fingerprint density at radius 1 is 1.15 bits per heavy atom. The lowest BCUT2D eigenvalue weighted by Gasteiger charge is -2.48. The molecule has 3 aromatic rings. The number of furan rings is 1. The number of nitrogens with zero attached hydrogens (tertiary/aromatic N) is 6. The first-order valence-electron chi connectivity index (χ1n) is 9.52. The molecule has 3 aromatic heterocycles. The number of pyridine rings is 1. The van der Waals surface area contributed by atoms with E-state index in [0.717, 1.165) is 63.0 Å². The number of hydrogen-bond acceptors (Lipinski definition) is 6. The van der Waals surface area contributed by atoms with E-state index < -0.39 is 0 Å². The molecule has 0 N–H and O–H groups in total. The fourth-order valence-corrected chi connectivity index (χ4v) is 4.61. The number of rotatable bonds is 3. The van der Waals surface area contributed by atoms with Crippen LogP contribution in [0.4, 0.5) is 0 Å². The van der Waals surface area contributed by atoms with E-state index in [0.29, 0.717) is 0 Å². The summed E-state index contributed by atoms with van der Waals surface area (Å²) in [5, 5.41) is 8.97. The van der Waals surface area contributed by atoms with E-state index in [2.05, 4.69) is 42.7 Å². The summed E-state index contributed by atoms with van der Waals surface area (Å²) in [6.07, 6.45) is 7.66. The second-order valence-corrected chi connectivity index (χ2v) is 7.79. The molecule has 5 heterocycles. The average molecular weight is 364 g/mol. The Bertz CT molecular complexity index is 896. The third-order valence-electron chi connectivity index (χ3n) is 5.84. The van der Waals surface area contributed by atoms with Crippen LogP contribution in [0.1, 0.15) is 24.2 Å². The Morgan fingerprint density at radius 2 is 2.04 bits per heavy atom. The maximum Gasteiger partial charge on any atom is 0.200 e. The van der Waals surface area contributed by atoms with Crippen LogP contribution in [0.3, 0.4) is 0 Å². The van der Waals surface area contributed by atoms with Crippen LogP contribution in [0.15, 0.2) is 47.3 Å². The summed E-state index contributed by atoms with van der Waals surface area (Å²) >= 11 is 0. The SMILES string of the molecule is CN1Cc2nnc(-c3ccco3)n2C2(CCN(Cc3cccnc3)CC2)C1. The lowest BCUT2D eigenvalue weighted by atomic mass is 9.84. The van der Waals surface area contributed by atoms with Gasteiger partial charge >= 0.3 is 0 Å². The number of likely N-dealkylation sites (N-methyl/N-ethyl adjacent to an activating group) is 1. The van der Waals surface area contributed by atoms with E-state index in [4.69, 9.17) is 4.42 Å². The lowest BCUT2D eigenvalue weighted by Crippen LogP contribution is -2.55. The molecule has 0 radical (unpaired) electrons. The molecular formula is C20H24N6O. The quantitative estimate of drug-likeness (QED) is 0.711. The van der Waals surface area contributed by atoms with Gasteiger partial charge in [0.25, 0.3) is 0 Å². The minimum Gasteiger partial charge on any atom is -0.461 e. The summed E-state index contributed by atoms with van der Waals surface area (Å²) < 4.78 is 8.02. The Balaban J connectivity index is 1.42. The molecular weight excluding hydrogens is 340 g/mol. The normalized spacial score (nSPS) is 20.0. The summed E-state index contributed by atoms with van der Waals surface area (Å²) in [5.41, 5.74) is 1.30. The molecule has 0 atom stereocenters. The molecule has 0 saturated carbocycles. The van der Waals surface area contributed by atoms with Gasteiger partial charge in [0.15, 0.2) is 11.6 Å². The molecule has 5 rings (SSSR count). The minimum absolute atomic E-state index is 0.0272. The van der Waals surface area contributed by atoms with Crippen molar-refractivity contribution in [2.75, 3.05) is 26.7 Å². The van der Waals surface area contributed by atoms with Gasteiger partial charge in [0.2, 0.25) is 0 Å². The number of likely N-dealkylation sites (tertiary alicyclic amines) is 1. The van der Waals surface area contributed by atoms with Crippen molar-refractivity contribution in [3.63, 3.8) is 0 Å². The van der Waals surface area contributed by atoms with Crippen LogP contribution in [0.5, 0.6) is 0 Å². The smallest absolute Gasteiger partial charge is 0.200 e. The van der Waals surface area contributed by atoms with Gasteiger partial charge in [-0.2, -0.15) is 0 Å². The van der Waals surface area contributed by atoms with Crippen molar-refractivity contribution >= 4 is 0 Å². The van der Waals surface area contributed by atoms with Gasteiger partial charge < -0.3 is 4.42 Å². The van der Waals surface area contributed by atoms with Crippen LogP contribution in [0.2, 0.25) is 0 Å². The Kier molecular flexibility index (Phi) is 4.06. The highest BCUT2D eigenvalue weighted by Crippen LogP contribution is 2.39. The van der Waals surface area contributed by atoms with Gasteiger partial charge in [-0.15, -0.1) is 10.2 Å². The second-order valence-electron chi connectivity index (χ2n) is 7.79. The Morgan fingerprint density at radius 3 is 2.78 bits per heavy atom. The van der Waals surface area contributed by atoms with Gasteiger partial charge in [0.05, 0.1) is 18.3 Å². The van der Waals surface area contributed by atoms with E-state index in [-0.39, 0.29) is 5.54 Å². The van der Waals surface area contributed by atoms with E-state index in [9.17, 15) is 0 Å². The first kappa shape index (κ1) is 16.6. The average Bonchev–Trinajstić information content (AvgIpc) is 3.34. The van der Waals surface area contributed by atoms with E-state index >= 15 is 0 Å². The Labute approximate surface area is 158 Å². The molecule has 1 saturated heterocycles. The third-order valence-corrected chi connectivity index (χ3v) is 5.84. The summed E-state index contributed by atoms with van der Waals surface area (Å²) in [6.45, 7) is 4.91. The zero-order valence-corrected chi connectivity index (χ0v) is 15.6. The fraction of sp³-hybridized carbons (Fsp3) is 0.450. The van der Waals surface area contributed by atoms with Crippen LogP contribution < -0.4 is 0 Å². The molecule has 7 nitrogen and oxygen atoms in total. The standard InChI is InChI=1S/C20H24N6O/c1-24-14-18-22-23-19(17-5-3-11-27-17)26(18)20(15-24)6-9-25(10-7-20)13-16-4-2-8-21-12-16/h2-5,8,11-12H,6-7,9-10,13-15H2,1H3. The van der Waals surface area contributed by atoms with Gasteiger partial charge in [-0.1, -0.05) is 6.07 Å². The predicted molar refractivity (Wildman–Crippen MR) is 101 cm³/mol. The van der Waals surface area contributed by atoms with Gasteiger partial charge in [-0.3, -0.25) is 19.4 Å². The van der Waals surface area contributed by atoms with Crippen molar-refractivity contribution in [3.8, 4) is 11.6 Å². The minimum atomic E-state index is 0.0272. The molecule has 2 aliphatic rings. The Hall–Kier alpha value is -2.51. The maximum atomic E-state index is 5.65. The van der Waals surface area contributed by atoms with Crippen LogP contribution in [-0.2, 0) is 18.6 Å². The molecule has 1 fully saturated rings. The van der Waals surface area contributed by atoms with Gasteiger partial charge in [-0.25, -0.2) is 0 Å². The molecule has 0 amide bonds. The molecule has 0 unspecified atom stereocenters. The van der Waals surface area contributed by atoms with E-state index in [1.54, 1.807) is 6.26 Å². The highest BCUT2D eigenvalue weighted by atomic mass is 16.3. The van der Waals surface area contributed by atoms with E-state index in [1.807, 2.05) is 30.6 Å². The molecule has 7 heteroatoms. The third kappa shape index (κ3) is 2.96. The molecule has 1 spiro atoms. The second kappa shape index (κ2) is 6.58. The molecule has 140 valence electrons. The van der Waals surface area contributed by atoms with Crippen LogP contribution in [-0.4, -0.2) is 56.2 Å².